The van der Waals surface area contributed by atoms with E-state index in [0.717, 1.165) is 13.0 Å². The third kappa shape index (κ3) is 19.2. The molecule has 0 saturated heterocycles. The first-order valence-electron chi connectivity index (χ1n) is 9.01. The summed E-state index contributed by atoms with van der Waals surface area (Å²) in [5.41, 5.74) is 0. The van der Waals surface area contributed by atoms with Crippen molar-refractivity contribution < 1.29 is 4.74 Å². The van der Waals surface area contributed by atoms with Crippen LogP contribution in [0.2, 0.25) is 0 Å². The van der Waals surface area contributed by atoms with Gasteiger partial charge in [-0.2, -0.15) is 5.26 Å². The molecular formula is C19H35NO. The normalized spacial score (nSPS) is 11.0. The van der Waals surface area contributed by atoms with Gasteiger partial charge in [0.2, 0.25) is 0 Å². The Morgan fingerprint density at radius 3 is 1.95 bits per heavy atom. The minimum Gasteiger partial charge on any atom is -0.380 e. The van der Waals surface area contributed by atoms with E-state index in [1.807, 2.05) is 0 Å². The molecule has 0 aromatic carbocycles. The Kier molecular flexibility index (Phi) is 18.4. The predicted molar refractivity (Wildman–Crippen MR) is 91.3 cm³/mol. The molecule has 21 heavy (non-hydrogen) atoms. The first-order valence-corrected chi connectivity index (χ1v) is 9.01. The van der Waals surface area contributed by atoms with E-state index in [9.17, 15) is 0 Å². The van der Waals surface area contributed by atoms with Crippen molar-refractivity contribution in [3.8, 4) is 6.07 Å². The highest BCUT2D eigenvalue weighted by Gasteiger charge is 1.91. The molecule has 0 rings (SSSR count). The molecule has 122 valence electrons. The van der Waals surface area contributed by atoms with Crippen LogP contribution >= 0.6 is 0 Å². The van der Waals surface area contributed by atoms with Gasteiger partial charge in [0, 0.05) is 6.61 Å². The Balaban J connectivity index is 3.04. The van der Waals surface area contributed by atoms with Gasteiger partial charge in [-0.15, -0.1) is 0 Å². The second-order valence-electron chi connectivity index (χ2n) is 5.75. The highest BCUT2D eigenvalue weighted by molar-refractivity contribution is 4.81. The Morgan fingerprint density at radius 2 is 1.33 bits per heavy atom. The maximum absolute atomic E-state index is 8.36. The first kappa shape index (κ1) is 20.2. The SMILES string of the molecule is CCCCCCCC/C=C/CCCCCCOCCC#N. The number of rotatable bonds is 16. The number of allylic oxidation sites excluding steroid dienone is 2. The highest BCUT2D eigenvalue weighted by atomic mass is 16.5. The molecule has 0 aliphatic rings. The molecule has 0 fully saturated rings. The number of unbranched alkanes of at least 4 members (excludes halogenated alkanes) is 10. The van der Waals surface area contributed by atoms with Crippen molar-refractivity contribution in [2.24, 2.45) is 0 Å². The number of nitrogens with zero attached hydrogens (tertiary/aromatic N) is 1. The number of ether oxygens (including phenoxy) is 1. The molecule has 0 amide bonds. The van der Waals surface area contributed by atoms with E-state index in [-0.39, 0.29) is 0 Å². The Bertz CT molecular complexity index is 255. The smallest absolute Gasteiger partial charge is 0.0645 e. The molecule has 0 radical (unpaired) electrons. The van der Waals surface area contributed by atoms with Crippen LogP contribution < -0.4 is 0 Å². The van der Waals surface area contributed by atoms with E-state index in [4.69, 9.17) is 10.00 Å². The summed E-state index contributed by atoms with van der Waals surface area (Å²) in [6.45, 7) is 3.68. The molecule has 0 saturated carbocycles. The van der Waals surface area contributed by atoms with Crippen molar-refractivity contribution in [2.45, 2.75) is 90.4 Å². The minimum absolute atomic E-state index is 0.517. The summed E-state index contributed by atoms with van der Waals surface area (Å²) in [5.74, 6) is 0. The fourth-order valence-corrected chi connectivity index (χ4v) is 2.32. The van der Waals surface area contributed by atoms with Gasteiger partial charge in [0.25, 0.3) is 0 Å². The molecule has 0 bridgehead atoms. The first-order chi connectivity index (χ1) is 10.4. The van der Waals surface area contributed by atoms with E-state index >= 15 is 0 Å². The van der Waals surface area contributed by atoms with Crippen LogP contribution in [0.1, 0.15) is 90.4 Å². The number of hydrogen-bond acceptors (Lipinski definition) is 2. The summed E-state index contributed by atoms with van der Waals surface area (Å²) < 4.78 is 5.34. The van der Waals surface area contributed by atoms with Gasteiger partial charge in [0.1, 0.15) is 0 Å². The maximum atomic E-state index is 8.36. The lowest BCUT2D eigenvalue weighted by Gasteiger charge is -2.01. The molecule has 0 aromatic heterocycles. The molecule has 0 aliphatic heterocycles. The van der Waals surface area contributed by atoms with Crippen LogP contribution in [0.25, 0.3) is 0 Å². The number of hydrogen-bond donors (Lipinski definition) is 0. The van der Waals surface area contributed by atoms with Gasteiger partial charge < -0.3 is 4.74 Å². The van der Waals surface area contributed by atoms with E-state index in [0.29, 0.717) is 13.0 Å². The van der Waals surface area contributed by atoms with Crippen molar-refractivity contribution in [3.63, 3.8) is 0 Å². The monoisotopic (exact) mass is 293 g/mol. The fourth-order valence-electron chi connectivity index (χ4n) is 2.32. The molecule has 2 heteroatoms. The Hall–Kier alpha value is -0.810. The summed E-state index contributed by atoms with van der Waals surface area (Å²) in [6.07, 6.45) is 21.0. The zero-order valence-corrected chi connectivity index (χ0v) is 14.1. The third-order valence-electron chi connectivity index (χ3n) is 3.66. The summed E-state index contributed by atoms with van der Waals surface area (Å²) >= 11 is 0. The van der Waals surface area contributed by atoms with Crippen LogP contribution in [0.4, 0.5) is 0 Å². The van der Waals surface area contributed by atoms with Gasteiger partial charge in [0.15, 0.2) is 0 Å². The van der Waals surface area contributed by atoms with E-state index in [1.165, 1.54) is 70.6 Å². The quantitative estimate of drug-likeness (QED) is 0.252. The summed E-state index contributed by atoms with van der Waals surface area (Å²) in [4.78, 5) is 0. The van der Waals surface area contributed by atoms with E-state index < -0.39 is 0 Å². The van der Waals surface area contributed by atoms with Gasteiger partial charge in [-0.25, -0.2) is 0 Å². The molecule has 0 aromatic rings. The van der Waals surface area contributed by atoms with Crippen LogP contribution in [0, 0.1) is 11.3 Å². The fraction of sp³-hybridized carbons (Fsp3) is 0.842. The van der Waals surface area contributed by atoms with Crippen molar-refractivity contribution in [3.05, 3.63) is 12.2 Å². The predicted octanol–water partition coefficient (Wildman–Crippen LogP) is 6.17. The van der Waals surface area contributed by atoms with Crippen molar-refractivity contribution >= 4 is 0 Å². The van der Waals surface area contributed by atoms with Gasteiger partial charge in [0.05, 0.1) is 19.1 Å². The summed E-state index contributed by atoms with van der Waals surface area (Å²) in [7, 11) is 0. The van der Waals surface area contributed by atoms with Crippen LogP contribution in [-0.4, -0.2) is 13.2 Å². The Morgan fingerprint density at radius 1 is 0.762 bits per heavy atom. The lowest BCUT2D eigenvalue weighted by molar-refractivity contribution is 0.135. The summed E-state index contributed by atoms with van der Waals surface area (Å²) in [5, 5.41) is 8.36. The lowest BCUT2D eigenvalue weighted by Crippen LogP contribution is -1.95. The van der Waals surface area contributed by atoms with Crippen LogP contribution in [-0.2, 0) is 4.74 Å². The number of nitriles is 1. The second kappa shape index (κ2) is 19.2. The molecule has 0 N–H and O–H groups in total. The van der Waals surface area contributed by atoms with Gasteiger partial charge >= 0.3 is 0 Å². The lowest BCUT2D eigenvalue weighted by atomic mass is 10.1. The average Bonchev–Trinajstić information content (AvgIpc) is 2.50. The zero-order chi connectivity index (χ0) is 15.4. The van der Waals surface area contributed by atoms with Crippen molar-refractivity contribution in [1.29, 1.82) is 5.26 Å². The molecule has 0 spiro atoms. The molecule has 0 unspecified atom stereocenters. The van der Waals surface area contributed by atoms with Crippen molar-refractivity contribution in [1.82, 2.24) is 0 Å². The molecule has 0 aliphatic carbocycles. The van der Waals surface area contributed by atoms with Gasteiger partial charge in [-0.3, -0.25) is 0 Å². The topological polar surface area (TPSA) is 33.0 Å². The van der Waals surface area contributed by atoms with Crippen LogP contribution in [0.15, 0.2) is 12.2 Å². The van der Waals surface area contributed by atoms with Crippen molar-refractivity contribution in [2.75, 3.05) is 13.2 Å². The zero-order valence-electron chi connectivity index (χ0n) is 14.1. The standard InChI is InChI=1S/C19H35NO/c1-2-3-4-5-6-7-8-9-10-11-12-13-14-15-18-21-19-16-17-20/h9-10H,2-8,11-16,18-19H2,1H3/b10-9+. The molecule has 0 heterocycles. The van der Waals surface area contributed by atoms with Gasteiger partial charge in [-0.05, 0) is 32.1 Å². The maximum Gasteiger partial charge on any atom is 0.0645 e. The van der Waals surface area contributed by atoms with E-state index in [2.05, 4.69) is 25.1 Å². The molecule has 2 nitrogen and oxygen atoms in total. The highest BCUT2D eigenvalue weighted by Crippen LogP contribution is 2.08. The minimum atomic E-state index is 0.517. The largest absolute Gasteiger partial charge is 0.380 e. The molecular weight excluding hydrogens is 258 g/mol. The Labute approximate surface area is 132 Å². The van der Waals surface area contributed by atoms with Gasteiger partial charge in [-0.1, -0.05) is 64.0 Å². The molecule has 0 atom stereocenters. The summed E-state index contributed by atoms with van der Waals surface area (Å²) in [6, 6.07) is 2.09. The van der Waals surface area contributed by atoms with Crippen LogP contribution in [0.5, 0.6) is 0 Å². The van der Waals surface area contributed by atoms with E-state index in [1.54, 1.807) is 0 Å². The average molecular weight is 293 g/mol. The van der Waals surface area contributed by atoms with Crippen LogP contribution in [0.3, 0.4) is 0 Å². The third-order valence-corrected chi connectivity index (χ3v) is 3.66. The second-order valence-corrected chi connectivity index (χ2v) is 5.75.